The van der Waals surface area contributed by atoms with Crippen molar-refractivity contribution in [2.24, 2.45) is 0 Å². The van der Waals surface area contributed by atoms with E-state index in [1.54, 1.807) is 0 Å². The first-order valence-corrected chi connectivity index (χ1v) is 4.12. The quantitative estimate of drug-likeness (QED) is 0.539. The maximum absolute atomic E-state index is 11.0. The van der Waals surface area contributed by atoms with Gasteiger partial charge in [0.25, 0.3) is 0 Å². The Morgan fingerprint density at radius 1 is 1.20 bits per heavy atom. The highest BCUT2D eigenvalue weighted by atomic mass is 16.1. The lowest BCUT2D eigenvalue weighted by molar-refractivity contribution is -0.122. The van der Waals surface area contributed by atoms with Crippen molar-refractivity contribution in [3.05, 3.63) is 0 Å². The van der Waals surface area contributed by atoms with Gasteiger partial charge in [0.2, 0.25) is 0 Å². The fraction of sp³-hybridized carbons (Fsp3) is 0.875. The highest BCUT2D eigenvalue weighted by Crippen LogP contribution is 2.22. The molecular formula is C8H13NO. The van der Waals surface area contributed by atoms with Gasteiger partial charge in [-0.3, -0.25) is 4.79 Å². The number of fused-ring (bicyclic) bond motifs is 2. The number of hydrogen-bond donors (Lipinski definition) is 1. The molecule has 0 aliphatic carbocycles. The molecule has 0 amide bonds. The molecule has 2 aliphatic heterocycles. The summed E-state index contributed by atoms with van der Waals surface area (Å²) in [5, 5.41) is 3.46. The Morgan fingerprint density at radius 3 is 2.40 bits per heavy atom. The number of carbonyl (C=O) groups excluding carboxylic acids is 1. The number of nitrogens with one attached hydrogen (secondary N) is 1. The standard InChI is InChI=1S/C8H13NO/c10-8-4-6-2-1-3-7(5-8)9-6/h6-7,9H,1-5H2/t6-,7-/m0/s1. The van der Waals surface area contributed by atoms with Gasteiger partial charge < -0.3 is 5.32 Å². The lowest BCUT2D eigenvalue weighted by Crippen LogP contribution is -2.48. The van der Waals surface area contributed by atoms with Gasteiger partial charge in [0.05, 0.1) is 0 Å². The minimum Gasteiger partial charge on any atom is -0.310 e. The number of rotatable bonds is 0. The van der Waals surface area contributed by atoms with Gasteiger partial charge in [0.15, 0.2) is 0 Å². The Labute approximate surface area is 61.0 Å². The largest absolute Gasteiger partial charge is 0.310 e. The van der Waals surface area contributed by atoms with Gasteiger partial charge in [-0.1, -0.05) is 6.42 Å². The Hall–Kier alpha value is -0.370. The Balaban J connectivity index is 2.05. The third kappa shape index (κ3) is 1.08. The summed E-state index contributed by atoms with van der Waals surface area (Å²) < 4.78 is 0. The molecule has 2 atom stereocenters. The first-order valence-electron chi connectivity index (χ1n) is 4.12. The molecule has 0 aromatic carbocycles. The van der Waals surface area contributed by atoms with Crippen LogP contribution >= 0.6 is 0 Å². The molecule has 2 aliphatic rings. The predicted molar refractivity (Wildman–Crippen MR) is 38.8 cm³/mol. The summed E-state index contributed by atoms with van der Waals surface area (Å²) in [7, 11) is 0. The smallest absolute Gasteiger partial charge is 0.136 e. The maximum atomic E-state index is 11.0. The third-order valence-corrected chi connectivity index (χ3v) is 2.52. The van der Waals surface area contributed by atoms with Crippen LogP contribution < -0.4 is 5.32 Å². The van der Waals surface area contributed by atoms with E-state index < -0.39 is 0 Å². The van der Waals surface area contributed by atoms with Crippen molar-refractivity contribution in [3.63, 3.8) is 0 Å². The van der Waals surface area contributed by atoms with Crippen LogP contribution in [0.2, 0.25) is 0 Å². The Morgan fingerprint density at radius 2 is 1.80 bits per heavy atom. The zero-order valence-electron chi connectivity index (χ0n) is 6.10. The second kappa shape index (κ2) is 2.35. The first-order chi connectivity index (χ1) is 4.84. The van der Waals surface area contributed by atoms with Crippen molar-refractivity contribution in [1.29, 1.82) is 0 Å². The fourth-order valence-corrected chi connectivity index (χ4v) is 2.07. The van der Waals surface area contributed by atoms with Gasteiger partial charge in [0, 0.05) is 24.9 Å². The average Bonchev–Trinajstić information content (AvgIpc) is 1.85. The highest BCUT2D eigenvalue weighted by Gasteiger charge is 2.29. The van der Waals surface area contributed by atoms with Gasteiger partial charge in [-0.05, 0) is 12.8 Å². The zero-order chi connectivity index (χ0) is 6.97. The van der Waals surface area contributed by atoms with Crippen LogP contribution in [-0.4, -0.2) is 17.9 Å². The van der Waals surface area contributed by atoms with Crippen LogP contribution in [-0.2, 0) is 4.79 Å². The van der Waals surface area contributed by atoms with E-state index in [0.717, 1.165) is 12.8 Å². The van der Waals surface area contributed by atoms with Crippen LogP contribution in [0.5, 0.6) is 0 Å². The average molecular weight is 139 g/mol. The molecule has 0 aromatic rings. The first kappa shape index (κ1) is 6.35. The van der Waals surface area contributed by atoms with E-state index in [1.807, 2.05) is 0 Å². The summed E-state index contributed by atoms with van der Waals surface area (Å²) in [5.41, 5.74) is 0. The van der Waals surface area contributed by atoms with E-state index in [-0.39, 0.29) is 0 Å². The van der Waals surface area contributed by atoms with Gasteiger partial charge in [-0.2, -0.15) is 0 Å². The molecule has 2 fully saturated rings. The van der Waals surface area contributed by atoms with Crippen molar-refractivity contribution in [2.75, 3.05) is 0 Å². The van der Waals surface area contributed by atoms with Gasteiger partial charge >= 0.3 is 0 Å². The van der Waals surface area contributed by atoms with E-state index in [1.165, 1.54) is 19.3 Å². The number of ketones is 1. The molecule has 2 bridgehead atoms. The summed E-state index contributed by atoms with van der Waals surface area (Å²) in [6.07, 6.45) is 5.31. The molecule has 2 nitrogen and oxygen atoms in total. The molecule has 0 unspecified atom stereocenters. The predicted octanol–water partition coefficient (Wildman–Crippen LogP) is 0.860. The number of Topliss-reactive ketones (excluding diaryl/α,β-unsaturated/α-hetero) is 1. The molecule has 2 saturated heterocycles. The third-order valence-electron chi connectivity index (χ3n) is 2.52. The maximum Gasteiger partial charge on any atom is 0.136 e. The van der Waals surface area contributed by atoms with Crippen LogP contribution in [0.1, 0.15) is 32.1 Å². The SMILES string of the molecule is O=C1C[C@@H]2CCC[C@@H](C1)N2. The van der Waals surface area contributed by atoms with Gasteiger partial charge in [-0.15, -0.1) is 0 Å². The van der Waals surface area contributed by atoms with Crippen molar-refractivity contribution in [2.45, 2.75) is 44.2 Å². The molecule has 2 rings (SSSR count). The molecule has 10 heavy (non-hydrogen) atoms. The number of carbonyl (C=O) groups is 1. The Bertz CT molecular complexity index is 141. The summed E-state index contributed by atoms with van der Waals surface area (Å²) in [6.45, 7) is 0. The van der Waals surface area contributed by atoms with E-state index in [4.69, 9.17) is 0 Å². The summed E-state index contributed by atoms with van der Waals surface area (Å²) in [6, 6.07) is 1.06. The van der Waals surface area contributed by atoms with E-state index in [2.05, 4.69) is 5.32 Å². The van der Waals surface area contributed by atoms with E-state index >= 15 is 0 Å². The molecule has 0 radical (unpaired) electrons. The van der Waals surface area contributed by atoms with Crippen LogP contribution in [0.25, 0.3) is 0 Å². The van der Waals surface area contributed by atoms with Crippen LogP contribution in [0, 0.1) is 0 Å². The minimum atomic E-state index is 0.466. The van der Waals surface area contributed by atoms with Crippen molar-refractivity contribution >= 4 is 5.78 Å². The monoisotopic (exact) mass is 139 g/mol. The van der Waals surface area contributed by atoms with Crippen molar-refractivity contribution in [3.8, 4) is 0 Å². The fourth-order valence-electron chi connectivity index (χ4n) is 2.07. The highest BCUT2D eigenvalue weighted by molar-refractivity contribution is 5.80. The van der Waals surface area contributed by atoms with Crippen LogP contribution in [0.15, 0.2) is 0 Å². The second-order valence-corrected chi connectivity index (χ2v) is 3.44. The molecule has 2 heterocycles. The molecule has 0 spiro atoms. The summed E-state index contributed by atoms with van der Waals surface area (Å²) >= 11 is 0. The molecule has 1 N–H and O–H groups in total. The second-order valence-electron chi connectivity index (χ2n) is 3.44. The van der Waals surface area contributed by atoms with E-state index in [0.29, 0.717) is 17.9 Å². The van der Waals surface area contributed by atoms with Crippen LogP contribution in [0.4, 0.5) is 0 Å². The van der Waals surface area contributed by atoms with E-state index in [9.17, 15) is 4.79 Å². The molecule has 0 aromatic heterocycles. The lowest BCUT2D eigenvalue weighted by Gasteiger charge is -2.34. The number of hydrogen-bond acceptors (Lipinski definition) is 2. The number of piperidine rings is 2. The normalized spacial score (nSPS) is 39.8. The molecule has 56 valence electrons. The van der Waals surface area contributed by atoms with Crippen LogP contribution in [0.3, 0.4) is 0 Å². The summed E-state index contributed by atoms with van der Waals surface area (Å²) in [4.78, 5) is 11.0. The Kier molecular flexibility index (Phi) is 1.49. The lowest BCUT2D eigenvalue weighted by atomic mass is 9.86. The molecule has 0 saturated carbocycles. The molecule has 2 heteroatoms. The topological polar surface area (TPSA) is 29.1 Å². The van der Waals surface area contributed by atoms with Gasteiger partial charge in [-0.25, -0.2) is 0 Å². The van der Waals surface area contributed by atoms with Crippen molar-refractivity contribution < 1.29 is 4.79 Å². The minimum absolute atomic E-state index is 0.466. The van der Waals surface area contributed by atoms with Gasteiger partial charge in [0.1, 0.15) is 5.78 Å². The molecular weight excluding hydrogens is 126 g/mol. The summed E-state index contributed by atoms with van der Waals surface area (Å²) in [5.74, 6) is 0.466. The van der Waals surface area contributed by atoms with Crippen molar-refractivity contribution in [1.82, 2.24) is 5.32 Å². The zero-order valence-corrected chi connectivity index (χ0v) is 6.10.